The molecule has 0 radical (unpaired) electrons. The van der Waals surface area contributed by atoms with E-state index >= 15 is 0 Å². The Morgan fingerprint density at radius 2 is 2.08 bits per heavy atom. The van der Waals surface area contributed by atoms with Crippen LogP contribution in [0.1, 0.15) is 42.0 Å². The van der Waals surface area contributed by atoms with Gasteiger partial charge in [0.15, 0.2) is 0 Å². The van der Waals surface area contributed by atoms with Crippen LogP contribution in [0.4, 0.5) is 4.79 Å². The molecule has 1 aromatic carbocycles. The molecule has 1 aliphatic heterocycles. The fraction of sp³-hybridized carbons (Fsp3) is 0.400. The highest BCUT2D eigenvalue weighted by atomic mass is 16.6. The number of carbonyl (C=O) groups excluding carboxylic acids is 1. The largest absolute Gasteiger partial charge is 0.481 e. The monoisotopic (exact) mass is 340 g/mol. The Kier molecular flexibility index (Phi) is 5.53. The van der Waals surface area contributed by atoms with Crippen LogP contribution in [0.25, 0.3) is 0 Å². The summed E-state index contributed by atoms with van der Waals surface area (Å²) in [7, 11) is 1.61. The molecule has 0 saturated carbocycles. The lowest BCUT2D eigenvalue weighted by Crippen LogP contribution is -2.38. The zero-order chi connectivity index (χ0) is 17.6. The van der Waals surface area contributed by atoms with Gasteiger partial charge in [-0.2, -0.15) is 0 Å². The topological polar surface area (TPSA) is 51.7 Å². The number of pyridine rings is 1. The van der Waals surface area contributed by atoms with Crippen LogP contribution in [0.3, 0.4) is 0 Å². The van der Waals surface area contributed by atoms with E-state index in [1.54, 1.807) is 13.3 Å². The first kappa shape index (κ1) is 17.3. The molecule has 0 spiro atoms. The highest BCUT2D eigenvalue weighted by Crippen LogP contribution is 2.32. The number of likely N-dealkylation sites (tertiary alicyclic amines) is 1. The van der Waals surface area contributed by atoms with Crippen LogP contribution in [0.5, 0.6) is 5.88 Å². The second kappa shape index (κ2) is 8.01. The van der Waals surface area contributed by atoms with Crippen molar-refractivity contribution in [2.75, 3.05) is 13.7 Å². The molecular weight excluding hydrogens is 316 g/mol. The van der Waals surface area contributed by atoms with E-state index in [1.807, 2.05) is 42.2 Å². The van der Waals surface area contributed by atoms with Gasteiger partial charge in [0.05, 0.1) is 13.2 Å². The minimum absolute atomic E-state index is 0.00845. The van der Waals surface area contributed by atoms with Crippen LogP contribution in [-0.4, -0.2) is 29.6 Å². The quantitative estimate of drug-likeness (QED) is 0.834. The average molecular weight is 340 g/mol. The van der Waals surface area contributed by atoms with Crippen molar-refractivity contribution in [3.8, 4) is 5.88 Å². The number of carbonyl (C=O) groups is 1. The van der Waals surface area contributed by atoms with Gasteiger partial charge in [-0.25, -0.2) is 9.78 Å². The normalized spacial score (nSPS) is 17.2. The van der Waals surface area contributed by atoms with Crippen LogP contribution in [-0.2, 0) is 11.3 Å². The van der Waals surface area contributed by atoms with E-state index in [9.17, 15) is 4.79 Å². The maximum Gasteiger partial charge on any atom is 0.410 e. The smallest absolute Gasteiger partial charge is 0.410 e. The van der Waals surface area contributed by atoms with E-state index in [0.29, 0.717) is 19.0 Å². The predicted molar refractivity (Wildman–Crippen MR) is 95.5 cm³/mol. The first-order valence-corrected chi connectivity index (χ1v) is 8.67. The van der Waals surface area contributed by atoms with Crippen molar-refractivity contribution in [2.24, 2.45) is 0 Å². The number of aromatic nitrogens is 1. The van der Waals surface area contributed by atoms with Gasteiger partial charge >= 0.3 is 6.09 Å². The van der Waals surface area contributed by atoms with E-state index in [0.717, 1.165) is 36.0 Å². The average Bonchev–Trinajstić information content (AvgIpc) is 2.67. The molecule has 0 bridgehead atoms. The lowest BCUT2D eigenvalue weighted by Gasteiger charge is -2.35. The van der Waals surface area contributed by atoms with Crippen LogP contribution in [0.2, 0.25) is 0 Å². The van der Waals surface area contributed by atoms with Crippen molar-refractivity contribution < 1.29 is 14.3 Å². The minimum atomic E-state index is -0.262. The summed E-state index contributed by atoms with van der Waals surface area (Å²) in [6.07, 6.45) is 4.56. The molecule has 5 heteroatoms. The van der Waals surface area contributed by atoms with Crippen molar-refractivity contribution in [3.05, 3.63) is 59.3 Å². The van der Waals surface area contributed by atoms with E-state index in [2.05, 4.69) is 11.1 Å². The predicted octanol–water partition coefficient (Wildman–Crippen LogP) is 4.26. The molecule has 1 fully saturated rings. The van der Waals surface area contributed by atoms with Gasteiger partial charge in [0, 0.05) is 18.3 Å². The van der Waals surface area contributed by atoms with Gasteiger partial charge in [-0.15, -0.1) is 0 Å². The van der Waals surface area contributed by atoms with Crippen molar-refractivity contribution in [1.29, 1.82) is 0 Å². The zero-order valence-electron chi connectivity index (χ0n) is 14.8. The van der Waals surface area contributed by atoms with Gasteiger partial charge in [0.25, 0.3) is 0 Å². The molecule has 1 saturated heterocycles. The standard InChI is InChI=1S/C20H24N2O3/c1-15-12-17(13-21-19(15)24-2)18-10-6-7-11-22(18)20(23)25-14-16-8-4-3-5-9-16/h3-5,8-9,12-13,18H,6-7,10-11,14H2,1-2H3/t18-/m1/s1. The molecule has 132 valence electrons. The molecule has 5 nitrogen and oxygen atoms in total. The number of piperidine rings is 1. The van der Waals surface area contributed by atoms with Crippen LogP contribution in [0, 0.1) is 6.92 Å². The van der Waals surface area contributed by atoms with Crippen LogP contribution < -0.4 is 4.74 Å². The van der Waals surface area contributed by atoms with Crippen molar-refractivity contribution in [2.45, 2.75) is 38.8 Å². The van der Waals surface area contributed by atoms with Gasteiger partial charge in [-0.3, -0.25) is 0 Å². The van der Waals surface area contributed by atoms with Gasteiger partial charge in [-0.05, 0) is 43.4 Å². The lowest BCUT2D eigenvalue weighted by molar-refractivity contribution is 0.0678. The molecule has 1 atom stereocenters. The van der Waals surface area contributed by atoms with Crippen molar-refractivity contribution >= 4 is 6.09 Å². The number of rotatable bonds is 4. The van der Waals surface area contributed by atoms with E-state index in [-0.39, 0.29) is 12.1 Å². The number of amides is 1. The van der Waals surface area contributed by atoms with Crippen LogP contribution in [0.15, 0.2) is 42.6 Å². The van der Waals surface area contributed by atoms with Gasteiger partial charge in [0.1, 0.15) is 6.61 Å². The van der Waals surface area contributed by atoms with Crippen molar-refractivity contribution in [1.82, 2.24) is 9.88 Å². The molecule has 3 rings (SSSR count). The summed E-state index contributed by atoms with van der Waals surface area (Å²) >= 11 is 0. The van der Waals surface area contributed by atoms with E-state index in [4.69, 9.17) is 9.47 Å². The summed E-state index contributed by atoms with van der Waals surface area (Å²) in [5, 5.41) is 0. The first-order valence-electron chi connectivity index (χ1n) is 8.67. The third-order valence-electron chi connectivity index (χ3n) is 4.57. The van der Waals surface area contributed by atoms with E-state index < -0.39 is 0 Å². The number of aryl methyl sites for hydroxylation is 1. The van der Waals surface area contributed by atoms with E-state index in [1.165, 1.54) is 0 Å². The Bertz CT molecular complexity index is 718. The number of nitrogens with zero attached hydrogens (tertiary/aromatic N) is 2. The molecule has 2 heterocycles. The summed E-state index contributed by atoms with van der Waals surface area (Å²) in [6, 6.07) is 11.8. The number of ether oxygens (including phenoxy) is 2. The van der Waals surface area contributed by atoms with Gasteiger partial charge in [0.2, 0.25) is 5.88 Å². The van der Waals surface area contributed by atoms with Crippen LogP contribution >= 0.6 is 0 Å². The lowest BCUT2D eigenvalue weighted by atomic mass is 9.96. The van der Waals surface area contributed by atoms with Gasteiger partial charge in [-0.1, -0.05) is 30.3 Å². The number of methoxy groups -OCH3 is 1. The first-order chi connectivity index (χ1) is 12.2. The Balaban J connectivity index is 1.72. The number of hydrogen-bond donors (Lipinski definition) is 0. The molecule has 1 aliphatic rings. The molecule has 2 aromatic rings. The molecule has 1 aromatic heterocycles. The fourth-order valence-corrected chi connectivity index (χ4v) is 3.28. The van der Waals surface area contributed by atoms with Crippen molar-refractivity contribution in [3.63, 3.8) is 0 Å². The molecular formula is C20H24N2O3. The number of hydrogen-bond acceptors (Lipinski definition) is 4. The third-order valence-corrected chi connectivity index (χ3v) is 4.57. The Labute approximate surface area is 148 Å². The molecule has 0 aliphatic carbocycles. The fourth-order valence-electron chi connectivity index (χ4n) is 3.28. The minimum Gasteiger partial charge on any atom is -0.481 e. The highest BCUT2D eigenvalue weighted by Gasteiger charge is 2.29. The Morgan fingerprint density at radius 1 is 1.28 bits per heavy atom. The zero-order valence-corrected chi connectivity index (χ0v) is 14.8. The second-order valence-corrected chi connectivity index (χ2v) is 6.34. The Morgan fingerprint density at radius 3 is 2.80 bits per heavy atom. The summed E-state index contributed by atoms with van der Waals surface area (Å²) in [5.41, 5.74) is 3.00. The molecule has 1 amide bonds. The summed E-state index contributed by atoms with van der Waals surface area (Å²) in [4.78, 5) is 18.8. The maximum absolute atomic E-state index is 12.6. The molecule has 25 heavy (non-hydrogen) atoms. The molecule has 0 N–H and O–H groups in total. The second-order valence-electron chi connectivity index (χ2n) is 6.34. The third kappa shape index (κ3) is 4.10. The Hall–Kier alpha value is -2.56. The SMILES string of the molecule is COc1ncc([C@H]2CCCCN2C(=O)OCc2ccccc2)cc1C. The summed E-state index contributed by atoms with van der Waals surface area (Å²) in [6.45, 7) is 2.97. The summed E-state index contributed by atoms with van der Waals surface area (Å²) < 4.78 is 10.8. The molecule has 0 unspecified atom stereocenters. The summed E-state index contributed by atoms with van der Waals surface area (Å²) in [5.74, 6) is 0.623. The highest BCUT2D eigenvalue weighted by molar-refractivity contribution is 5.68. The van der Waals surface area contributed by atoms with Gasteiger partial charge < -0.3 is 14.4 Å². The number of benzene rings is 1. The maximum atomic E-state index is 12.6.